The molecule has 1 atom stereocenters. The van der Waals surface area contributed by atoms with Gasteiger partial charge < -0.3 is 5.73 Å². The molecule has 84 valence electrons. The molecule has 0 radical (unpaired) electrons. The van der Waals surface area contributed by atoms with Crippen LogP contribution >= 0.6 is 54.8 Å². The van der Waals surface area contributed by atoms with E-state index in [0.29, 0.717) is 0 Å². The van der Waals surface area contributed by atoms with Crippen molar-refractivity contribution < 1.29 is 0 Å². The molecule has 0 saturated carbocycles. The molecule has 0 fully saturated rings. The average Bonchev–Trinajstić information content (AvgIpc) is 2.59. The molecule has 5 heteroatoms. The molecule has 0 aliphatic heterocycles. The van der Waals surface area contributed by atoms with Crippen molar-refractivity contribution in [3.8, 4) is 0 Å². The zero-order chi connectivity index (χ0) is 11.7. The number of hydrogen-bond donors (Lipinski definition) is 1. The Morgan fingerprint density at radius 2 is 1.81 bits per heavy atom. The smallest absolute Gasteiger partial charge is 0.0843 e. The average molecular weight is 382 g/mol. The van der Waals surface area contributed by atoms with E-state index < -0.39 is 0 Å². The molecule has 1 nitrogen and oxygen atoms in total. The summed E-state index contributed by atoms with van der Waals surface area (Å²) in [6.45, 7) is 0. The molecular weight excluding hydrogens is 373 g/mol. The van der Waals surface area contributed by atoms with Crippen molar-refractivity contribution in [3.05, 3.63) is 54.1 Å². The zero-order valence-corrected chi connectivity index (χ0v) is 12.8. The molecule has 1 unspecified atom stereocenters. The summed E-state index contributed by atoms with van der Waals surface area (Å²) in [6.07, 6.45) is 0. The van der Waals surface area contributed by atoms with Gasteiger partial charge in [0.2, 0.25) is 0 Å². The van der Waals surface area contributed by atoms with Crippen LogP contribution in [0.4, 0.5) is 0 Å². The van der Waals surface area contributed by atoms with E-state index in [1.807, 2.05) is 30.3 Å². The van der Waals surface area contributed by atoms with E-state index in [9.17, 15) is 0 Å². The number of benzene rings is 1. The molecule has 1 aromatic carbocycles. The van der Waals surface area contributed by atoms with Crippen molar-refractivity contribution in [3.63, 3.8) is 0 Å². The largest absolute Gasteiger partial charge is 0.320 e. The van der Waals surface area contributed by atoms with Gasteiger partial charge in [0, 0.05) is 14.4 Å². The Labute approximate surface area is 120 Å². The lowest BCUT2D eigenvalue weighted by atomic mass is 10.1. The Hall–Kier alpha value is 0.130. The fourth-order valence-electron chi connectivity index (χ4n) is 1.35. The Morgan fingerprint density at radius 3 is 2.31 bits per heavy atom. The van der Waals surface area contributed by atoms with Crippen LogP contribution in [0.15, 0.2) is 38.6 Å². The predicted octanol–water partition coefficient (Wildman–Crippen LogP) is 4.97. The summed E-state index contributed by atoms with van der Waals surface area (Å²) >= 11 is 14.4. The maximum atomic E-state index is 6.17. The second-order valence-electron chi connectivity index (χ2n) is 3.30. The van der Waals surface area contributed by atoms with Crippen molar-refractivity contribution >= 4 is 54.8 Å². The molecule has 0 aliphatic carbocycles. The lowest BCUT2D eigenvalue weighted by molar-refractivity contribution is 0.893. The highest BCUT2D eigenvalue weighted by Crippen LogP contribution is 2.36. The first-order chi connectivity index (χ1) is 7.58. The summed E-state index contributed by atoms with van der Waals surface area (Å²) in [5.41, 5.74) is 7.24. The van der Waals surface area contributed by atoms with Crippen LogP contribution in [0.2, 0.25) is 5.02 Å². The number of hydrogen-bond acceptors (Lipinski definition) is 2. The van der Waals surface area contributed by atoms with Gasteiger partial charge in [0.05, 0.1) is 9.83 Å². The number of thiophene rings is 1. The number of nitrogens with two attached hydrogens (primary N) is 1. The van der Waals surface area contributed by atoms with Crippen LogP contribution in [-0.2, 0) is 0 Å². The van der Waals surface area contributed by atoms with Crippen LogP contribution in [0.5, 0.6) is 0 Å². The molecule has 0 saturated heterocycles. The molecule has 2 N–H and O–H groups in total. The van der Waals surface area contributed by atoms with Crippen LogP contribution in [0.3, 0.4) is 0 Å². The van der Waals surface area contributed by atoms with Gasteiger partial charge in [-0.15, -0.1) is 11.3 Å². The molecule has 0 amide bonds. The minimum absolute atomic E-state index is 0.107. The Morgan fingerprint density at radius 1 is 1.19 bits per heavy atom. The van der Waals surface area contributed by atoms with Gasteiger partial charge in [0.25, 0.3) is 0 Å². The molecular formula is C11H8Br2ClNS. The summed E-state index contributed by atoms with van der Waals surface area (Å²) in [7, 11) is 0. The first-order valence-corrected chi connectivity index (χ1v) is 7.32. The van der Waals surface area contributed by atoms with Crippen LogP contribution in [0.25, 0.3) is 0 Å². The third kappa shape index (κ3) is 2.68. The number of halogens is 3. The molecule has 2 aromatic rings. The highest BCUT2D eigenvalue weighted by atomic mass is 79.9. The SMILES string of the molecule is NC(c1ccc(Cl)cc1)c1cc(Br)c(Br)s1. The van der Waals surface area contributed by atoms with Gasteiger partial charge in [0.1, 0.15) is 0 Å². The first-order valence-electron chi connectivity index (χ1n) is 4.53. The molecule has 0 spiro atoms. The van der Waals surface area contributed by atoms with Crippen molar-refractivity contribution in [1.82, 2.24) is 0 Å². The van der Waals surface area contributed by atoms with Gasteiger partial charge in [-0.1, -0.05) is 23.7 Å². The molecule has 2 rings (SSSR count). The molecule has 1 aromatic heterocycles. The molecule has 1 heterocycles. The van der Waals surface area contributed by atoms with Crippen LogP contribution in [-0.4, -0.2) is 0 Å². The maximum absolute atomic E-state index is 6.17. The van der Waals surface area contributed by atoms with Crippen molar-refractivity contribution in [2.45, 2.75) is 6.04 Å². The highest BCUT2D eigenvalue weighted by molar-refractivity contribution is 9.13. The zero-order valence-electron chi connectivity index (χ0n) is 8.08. The van der Waals surface area contributed by atoms with Crippen molar-refractivity contribution in [2.75, 3.05) is 0 Å². The lowest BCUT2D eigenvalue weighted by Crippen LogP contribution is -2.09. The highest BCUT2D eigenvalue weighted by Gasteiger charge is 2.13. The fraction of sp³-hybridized carbons (Fsp3) is 0.0909. The maximum Gasteiger partial charge on any atom is 0.0843 e. The topological polar surface area (TPSA) is 26.0 Å². The van der Waals surface area contributed by atoms with Gasteiger partial charge >= 0.3 is 0 Å². The quantitative estimate of drug-likeness (QED) is 0.780. The fourth-order valence-corrected chi connectivity index (χ4v) is 3.60. The predicted molar refractivity (Wildman–Crippen MR) is 77.2 cm³/mol. The summed E-state index contributed by atoms with van der Waals surface area (Å²) in [5, 5.41) is 0.726. The summed E-state index contributed by atoms with van der Waals surface area (Å²) in [6, 6.07) is 9.55. The van der Waals surface area contributed by atoms with E-state index in [4.69, 9.17) is 17.3 Å². The Balaban J connectivity index is 2.31. The summed E-state index contributed by atoms with van der Waals surface area (Å²) < 4.78 is 2.10. The molecule has 0 bridgehead atoms. The second-order valence-corrected chi connectivity index (χ2v) is 6.99. The van der Waals surface area contributed by atoms with E-state index in [1.54, 1.807) is 11.3 Å². The number of rotatable bonds is 2. The summed E-state index contributed by atoms with van der Waals surface area (Å²) in [5.74, 6) is 0. The van der Waals surface area contributed by atoms with Gasteiger partial charge in [-0.2, -0.15) is 0 Å². The standard InChI is InChI=1S/C11H8Br2ClNS/c12-8-5-9(16-11(8)13)10(15)6-1-3-7(14)4-2-6/h1-5,10H,15H2. The Kier molecular flexibility index (Phi) is 4.08. The van der Waals surface area contributed by atoms with E-state index >= 15 is 0 Å². The Bertz CT molecular complexity index is 476. The van der Waals surface area contributed by atoms with Gasteiger partial charge in [-0.3, -0.25) is 0 Å². The first kappa shape index (κ1) is 12.6. The normalized spacial score (nSPS) is 12.8. The van der Waals surface area contributed by atoms with Crippen LogP contribution in [0.1, 0.15) is 16.5 Å². The second kappa shape index (κ2) is 5.19. The lowest BCUT2D eigenvalue weighted by Gasteiger charge is -2.09. The van der Waals surface area contributed by atoms with Gasteiger partial charge in [-0.25, -0.2) is 0 Å². The van der Waals surface area contributed by atoms with Crippen molar-refractivity contribution in [1.29, 1.82) is 0 Å². The van der Waals surface area contributed by atoms with Gasteiger partial charge in [-0.05, 0) is 55.6 Å². The van der Waals surface area contributed by atoms with E-state index in [-0.39, 0.29) is 6.04 Å². The van der Waals surface area contributed by atoms with Crippen LogP contribution in [0, 0.1) is 0 Å². The van der Waals surface area contributed by atoms with E-state index in [0.717, 1.165) is 23.7 Å². The minimum Gasteiger partial charge on any atom is -0.320 e. The summed E-state index contributed by atoms with van der Waals surface area (Å²) in [4.78, 5) is 1.11. The van der Waals surface area contributed by atoms with Crippen molar-refractivity contribution in [2.24, 2.45) is 5.73 Å². The third-order valence-electron chi connectivity index (χ3n) is 2.20. The monoisotopic (exact) mass is 379 g/mol. The third-order valence-corrected chi connectivity index (χ3v) is 5.79. The molecule has 16 heavy (non-hydrogen) atoms. The van der Waals surface area contributed by atoms with E-state index in [2.05, 4.69) is 31.9 Å². The van der Waals surface area contributed by atoms with Crippen LogP contribution < -0.4 is 5.73 Å². The van der Waals surface area contributed by atoms with E-state index in [1.165, 1.54) is 0 Å². The minimum atomic E-state index is -0.107. The van der Waals surface area contributed by atoms with Gasteiger partial charge in [0.15, 0.2) is 0 Å². The molecule has 0 aliphatic rings.